The highest BCUT2D eigenvalue weighted by molar-refractivity contribution is 5.70. The van der Waals surface area contributed by atoms with E-state index in [0.29, 0.717) is 6.42 Å². The fraction of sp³-hybridized carbons (Fsp3) is 0.300. The number of carboxylic acids is 1. The molecule has 0 saturated carbocycles. The summed E-state index contributed by atoms with van der Waals surface area (Å²) in [5, 5.41) is 16.4. The molecular weight excluding hydrogens is 194 g/mol. The van der Waals surface area contributed by atoms with E-state index in [9.17, 15) is 4.79 Å². The molecule has 2 rings (SSSR count). The van der Waals surface area contributed by atoms with Crippen LogP contribution in [-0.2, 0) is 11.2 Å². The zero-order valence-electron chi connectivity index (χ0n) is 8.29. The van der Waals surface area contributed by atoms with Crippen LogP contribution >= 0.6 is 0 Å². The minimum atomic E-state index is -0.781. The van der Waals surface area contributed by atoms with Crippen molar-refractivity contribution in [2.75, 3.05) is 0 Å². The second-order valence-corrected chi connectivity index (χ2v) is 3.57. The smallest absolute Gasteiger partial charge is 0.306 e. The molecule has 0 saturated heterocycles. The average Bonchev–Trinajstić information content (AvgIpc) is 2.64. The van der Waals surface area contributed by atoms with Crippen LogP contribution in [0.2, 0.25) is 0 Å². The molecule has 5 nitrogen and oxygen atoms in total. The fourth-order valence-electron chi connectivity index (χ4n) is 1.43. The maximum atomic E-state index is 10.7. The van der Waals surface area contributed by atoms with Crippen molar-refractivity contribution in [3.8, 4) is 0 Å². The lowest BCUT2D eigenvalue weighted by Crippen LogP contribution is -2.12. The maximum absolute atomic E-state index is 10.7. The highest BCUT2D eigenvalue weighted by Crippen LogP contribution is 2.10. The Morgan fingerprint density at radius 2 is 2.47 bits per heavy atom. The normalized spacial score (nSPS) is 12.9. The number of aliphatic carboxylic acids is 1. The van der Waals surface area contributed by atoms with Gasteiger partial charge in [0.25, 0.3) is 0 Å². The van der Waals surface area contributed by atoms with Crippen molar-refractivity contribution in [2.45, 2.75) is 13.3 Å². The zero-order valence-corrected chi connectivity index (χ0v) is 8.29. The number of nitrogens with zero attached hydrogens (tertiary/aromatic N) is 3. The number of carbonyl (C=O) groups is 1. The van der Waals surface area contributed by atoms with Crippen LogP contribution in [0.3, 0.4) is 0 Å². The predicted octanol–water partition coefficient (Wildman–Crippen LogP) is 0.992. The Bertz CT molecular complexity index is 492. The minimum absolute atomic E-state index is 0.379. The van der Waals surface area contributed by atoms with E-state index in [1.807, 2.05) is 18.3 Å². The summed E-state index contributed by atoms with van der Waals surface area (Å²) in [6.45, 7) is 1.69. The highest BCUT2D eigenvalue weighted by Gasteiger charge is 2.11. The number of fused-ring (bicyclic) bond motifs is 1. The van der Waals surface area contributed by atoms with Gasteiger partial charge < -0.3 is 5.11 Å². The van der Waals surface area contributed by atoms with E-state index in [-0.39, 0.29) is 5.92 Å². The monoisotopic (exact) mass is 205 g/mol. The van der Waals surface area contributed by atoms with E-state index in [2.05, 4.69) is 10.2 Å². The van der Waals surface area contributed by atoms with Crippen molar-refractivity contribution in [2.24, 2.45) is 5.92 Å². The molecule has 2 aromatic rings. The van der Waals surface area contributed by atoms with E-state index >= 15 is 0 Å². The van der Waals surface area contributed by atoms with Gasteiger partial charge >= 0.3 is 5.97 Å². The minimum Gasteiger partial charge on any atom is -0.481 e. The Hall–Kier alpha value is -1.91. The molecule has 2 heterocycles. The first-order valence-electron chi connectivity index (χ1n) is 4.68. The quantitative estimate of drug-likeness (QED) is 0.811. The van der Waals surface area contributed by atoms with Gasteiger partial charge in [-0.15, -0.1) is 10.2 Å². The average molecular weight is 205 g/mol. The molecule has 2 aromatic heterocycles. The van der Waals surface area contributed by atoms with Crippen molar-refractivity contribution in [1.82, 2.24) is 14.6 Å². The van der Waals surface area contributed by atoms with E-state index in [1.165, 1.54) is 0 Å². The van der Waals surface area contributed by atoms with Crippen molar-refractivity contribution in [3.05, 3.63) is 30.2 Å². The molecule has 0 fully saturated rings. The summed E-state index contributed by atoms with van der Waals surface area (Å²) in [4.78, 5) is 10.7. The summed E-state index contributed by atoms with van der Waals surface area (Å²) in [5.41, 5.74) is 1.70. The summed E-state index contributed by atoms with van der Waals surface area (Å²) >= 11 is 0. The highest BCUT2D eigenvalue weighted by atomic mass is 16.4. The molecule has 15 heavy (non-hydrogen) atoms. The van der Waals surface area contributed by atoms with Gasteiger partial charge in [0.2, 0.25) is 0 Å². The zero-order chi connectivity index (χ0) is 10.8. The van der Waals surface area contributed by atoms with Crippen LogP contribution in [-0.4, -0.2) is 25.7 Å². The summed E-state index contributed by atoms with van der Waals surface area (Å²) in [5.74, 6) is -1.16. The van der Waals surface area contributed by atoms with Gasteiger partial charge in [-0.2, -0.15) is 0 Å². The topological polar surface area (TPSA) is 67.5 Å². The Labute approximate surface area is 86.4 Å². The largest absolute Gasteiger partial charge is 0.481 e. The van der Waals surface area contributed by atoms with E-state index < -0.39 is 5.97 Å². The number of hydrogen-bond donors (Lipinski definition) is 1. The Morgan fingerprint density at radius 1 is 1.67 bits per heavy atom. The number of carboxylic acid groups (broad SMARTS) is 1. The molecular formula is C10H11N3O2. The molecule has 0 aliphatic carbocycles. The van der Waals surface area contributed by atoms with Gasteiger partial charge in [0.1, 0.15) is 6.33 Å². The first-order chi connectivity index (χ1) is 7.16. The summed E-state index contributed by atoms with van der Waals surface area (Å²) < 4.78 is 1.79. The van der Waals surface area contributed by atoms with Crippen molar-refractivity contribution < 1.29 is 9.90 Å². The van der Waals surface area contributed by atoms with E-state index in [1.54, 1.807) is 17.7 Å². The summed E-state index contributed by atoms with van der Waals surface area (Å²) in [7, 11) is 0. The van der Waals surface area contributed by atoms with Gasteiger partial charge in [-0.1, -0.05) is 6.92 Å². The molecule has 1 atom stereocenters. The van der Waals surface area contributed by atoms with Gasteiger partial charge in [0.15, 0.2) is 5.65 Å². The molecule has 1 N–H and O–H groups in total. The lowest BCUT2D eigenvalue weighted by atomic mass is 10.0. The molecule has 0 spiro atoms. The van der Waals surface area contributed by atoms with Crippen molar-refractivity contribution in [3.63, 3.8) is 0 Å². The Balaban J connectivity index is 2.24. The van der Waals surface area contributed by atoms with Gasteiger partial charge in [-0.25, -0.2) is 0 Å². The third kappa shape index (κ3) is 1.96. The second-order valence-electron chi connectivity index (χ2n) is 3.57. The first kappa shape index (κ1) is 9.64. The van der Waals surface area contributed by atoms with Crippen LogP contribution in [0.4, 0.5) is 0 Å². The summed E-state index contributed by atoms with van der Waals surface area (Å²) in [6, 6.07) is 3.74. The van der Waals surface area contributed by atoms with Crippen molar-refractivity contribution in [1.29, 1.82) is 0 Å². The molecule has 0 bridgehead atoms. The number of pyridine rings is 1. The van der Waals surface area contributed by atoms with Crippen LogP contribution in [0.25, 0.3) is 5.65 Å². The molecule has 0 aliphatic heterocycles. The molecule has 5 heteroatoms. The molecule has 0 aliphatic rings. The number of aromatic nitrogens is 3. The van der Waals surface area contributed by atoms with Crippen molar-refractivity contribution >= 4 is 11.6 Å². The third-order valence-corrected chi connectivity index (χ3v) is 2.33. The Kier molecular flexibility index (Phi) is 2.37. The summed E-state index contributed by atoms with van der Waals surface area (Å²) in [6.07, 6.45) is 3.96. The predicted molar refractivity (Wildman–Crippen MR) is 53.5 cm³/mol. The van der Waals surface area contributed by atoms with Crippen LogP contribution in [0.5, 0.6) is 0 Å². The lowest BCUT2D eigenvalue weighted by molar-refractivity contribution is -0.141. The Morgan fingerprint density at radius 3 is 3.20 bits per heavy atom. The van der Waals surface area contributed by atoms with Crippen LogP contribution in [0.1, 0.15) is 12.5 Å². The molecule has 0 radical (unpaired) electrons. The second kappa shape index (κ2) is 3.68. The number of rotatable bonds is 3. The molecule has 0 amide bonds. The fourth-order valence-corrected chi connectivity index (χ4v) is 1.43. The first-order valence-corrected chi connectivity index (χ1v) is 4.68. The third-order valence-electron chi connectivity index (χ3n) is 2.33. The van der Waals surface area contributed by atoms with E-state index in [4.69, 9.17) is 5.11 Å². The SMILES string of the molecule is CC(Cc1ccn2cnnc2c1)C(=O)O. The van der Waals surface area contributed by atoms with Gasteiger partial charge in [0.05, 0.1) is 5.92 Å². The molecule has 0 aromatic carbocycles. The van der Waals surface area contributed by atoms with Gasteiger partial charge in [0, 0.05) is 6.20 Å². The van der Waals surface area contributed by atoms with Crippen LogP contribution in [0, 0.1) is 5.92 Å². The van der Waals surface area contributed by atoms with E-state index in [0.717, 1.165) is 11.2 Å². The molecule has 1 unspecified atom stereocenters. The van der Waals surface area contributed by atoms with Crippen LogP contribution < -0.4 is 0 Å². The number of hydrogen-bond acceptors (Lipinski definition) is 3. The van der Waals surface area contributed by atoms with Gasteiger partial charge in [-0.3, -0.25) is 9.20 Å². The van der Waals surface area contributed by atoms with Gasteiger partial charge in [-0.05, 0) is 24.1 Å². The van der Waals surface area contributed by atoms with Crippen LogP contribution in [0.15, 0.2) is 24.7 Å². The standard InChI is InChI=1S/C10H11N3O2/c1-7(10(14)15)4-8-2-3-13-6-11-12-9(13)5-8/h2-3,5-7H,4H2,1H3,(H,14,15). The molecule has 78 valence electrons. The lowest BCUT2D eigenvalue weighted by Gasteiger charge is -2.05. The maximum Gasteiger partial charge on any atom is 0.306 e.